The van der Waals surface area contributed by atoms with Gasteiger partial charge in [0.2, 0.25) is 0 Å². The Kier molecular flexibility index (Phi) is 5.40. The molecule has 1 N–H and O–H groups in total. The molecule has 0 aliphatic rings. The Morgan fingerprint density at radius 1 is 0.840 bits per heavy atom. The molecular weight excluding hydrogens is 325 g/mol. The van der Waals surface area contributed by atoms with E-state index >= 15 is 0 Å². The maximum atomic E-state index is 10.4. The zero-order valence-corrected chi connectivity index (χ0v) is 16.0. The molecule has 0 heterocycles. The third-order valence-corrected chi connectivity index (χ3v) is 6.00. The van der Waals surface area contributed by atoms with Crippen molar-refractivity contribution in [3.63, 3.8) is 0 Å². The van der Waals surface area contributed by atoms with Crippen LogP contribution in [-0.4, -0.2) is 12.2 Å². The minimum absolute atomic E-state index is 0.417. The highest BCUT2D eigenvalue weighted by Crippen LogP contribution is 2.28. The van der Waals surface area contributed by atoms with Gasteiger partial charge in [0, 0.05) is 29.9 Å². The van der Waals surface area contributed by atoms with Gasteiger partial charge in [-0.25, -0.2) is 0 Å². The Morgan fingerprint density at radius 3 is 2.28 bits per heavy atom. The maximum Gasteiger partial charge on any atom is 0.126 e. The molecule has 0 spiro atoms. The van der Waals surface area contributed by atoms with Gasteiger partial charge in [0.25, 0.3) is 0 Å². The van der Waals surface area contributed by atoms with E-state index in [1.54, 1.807) is 0 Å². The lowest BCUT2D eigenvalue weighted by Gasteiger charge is -2.24. The molecule has 3 rings (SSSR count). The Labute approximate surface area is 151 Å². The first-order valence-electron chi connectivity index (χ1n) is 8.46. The van der Waals surface area contributed by atoms with Crippen molar-refractivity contribution in [3.05, 3.63) is 83.4 Å². The minimum atomic E-state index is 0.417. The van der Waals surface area contributed by atoms with Gasteiger partial charge in [0.15, 0.2) is 0 Å². The first-order valence-corrected chi connectivity index (χ1v) is 9.46. The first kappa shape index (κ1) is 17.5. The van der Waals surface area contributed by atoms with Crippen molar-refractivity contribution in [2.75, 3.05) is 11.9 Å². The number of rotatable bonds is 5. The molecule has 0 amide bonds. The molecule has 0 aliphatic heterocycles. The smallest absolute Gasteiger partial charge is 0.126 e. The van der Waals surface area contributed by atoms with Gasteiger partial charge in [-0.05, 0) is 36.6 Å². The lowest BCUT2D eigenvalue weighted by Crippen LogP contribution is -2.23. The predicted octanol–water partition coefficient (Wildman–Crippen LogP) is 4.27. The summed E-state index contributed by atoms with van der Waals surface area (Å²) in [5.41, 5.74) is 4.71. The van der Waals surface area contributed by atoms with Crippen molar-refractivity contribution in [3.8, 4) is 5.75 Å². The molecule has 1 atom stereocenters. The van der Waals surface area contributed by atoms with Crippen LogP contribution in [0.1, 0.15) is 16.7 Å². The number of benzene rings is 3. The molecule has 0 aliphatic carbocycles. The molecule has 0 fully saturated rings. The standard InChI is InChI=1S/C22H24NOP/c1-16-9-8-14-20(21(16)24)25-22-17(2)10-7-13-19(22)23(3)15-18-11-5-4-6-12-18/h4-14,24-25H,15H2,1-3H3. The van der Waals surface area contributed by atoms with Crippen LogP contribution >= 0.6 is 8.58 Å². The monoisotopic (exact) mass is 349 g/mol. The van der Waals surface area contributed by atoms with Crippen molar-refractivity contribution in [1.29, 1.82) is 0 Å². The fourth-order valence-electron chi connectivity index (χ4n) is 2.97. The number of hydrogen-bond acceptors (Lipinski definition) is 2. The van der Waals surface area contributed by atoms with Crippen molar-refractivity contribution in [1.82, 2.24) is 0 Å². The lowest BCUT2D eigenvalue weighted by molar-refractivity contribution is 0.475. The first-order chi connectivity index (χ1) is 12.1. The second-order valence-corrected chi connectivity index (χ2v) is 7.70. The Balaban J connectivity index is 1.93. The van der Waals surface area contributed by atoms with Crippen molar-refractivity contribution < 1.29 is 5.11 Å². The number of para-hydroxylation sites is 1. The summed E-state index contributed by atoms with van der Waals surface area (Å²) < 4.78 is 0. The largest absolute Gasteiger partial charge is 0.507 e. The average molecular weight is 349 g/mol. The third kappa shape index (κ3) is 4.03. The van der Waals surface area contributed by atoms with E-state index in [1.807, 2.05) is 31.2 Å². The van der Waals surface area contributed by atoms with E-state index < -0.39 is 0 Å². The molecule has 25 heavy (non-hydrogen) atoms. The fourth-order valence-corrected chi connectivity index (χ4v) is 4.42. The summed E-state index contributed by atoms with van der Waals surface area (Å²) in [7, 11) is 2.56. The van der Waals surface area contributed by atoms with Gasteiger partial charge < -0.3 is 10.0 Å². The molecule has 0 saturated heterocycles. The number of phenols is 1. The SMILES string of the molecule is Cc1cccc(Pc2c(C)cccc2N(C)Cc2ccccc2)c1O. The van der Waals surface area contributed by atoms with Gasteiger partial charge in [0.05, 0.1) is 0 Å². The third-order valence-electron chi connectivity index (χ3n) is 4.42. The van der Waals surface area contributed by atoms with E-state index in [4.69, 9.17) is 0 Å². The molecule has 2 nitrogen and oxygen atoms in total. The van der Waals surface area contributed by atoms with Crippen LogP contribution in [-0.2, 0) is 6.54 Å². The zero-order valence-electron chi connectivity index (χ0n) is 15.0. The van der Waals surface area contributed by atoms with Gasteiger partial charge in [0.1, 0.15) is 5.75 Å². The molecule has 0 aromatic heterocycles. The quantitative estimate of drug-likeness (QED) is 0.695. The van der Waals surface area contributed by atoms with Gasteiger partial charge in [-0.2, -0.15) is 0 Å². The van der Waals surface area contributed by atoms with Crippen LogP contribution in [0.25, 0.3) is 0 Å². The molecule has 0 bridgehead atoms. The zero-order chi connectivity index (χ0) is 17.8. The highest BCUT2D eigenvalue weighted by molar-refractivity contribution is 7.56. The molecule has 3 heteroatoms. The van der Waals surface area contributed by atoms with Crippen molar-refractivity contribution >= 4 is 24.9 Å². The van der Waals surface area contributed by atoms with Crippen LogP contribution in [0.4, 0.5) is 5.69 Å². The number of aryl methyl sites for hydroxylation is 2. The van der Waals surface area contributed by atoms with Crippen LogP contribution in [0.2, 0.25) is 0 Å². The van der Waals surface area contributed by atoms with Crippen LogP contribution in [0.3, 0.4) is 0 Å². The number of hydrogen-bond donors (Lipinski definition) is 1. The van der Waals surface area contributed by atoms with E-state index in [2.05, 4.69) is 61.3 Å². The number of phenolic OH excluding ortho intramolecular Hbond substituents is 1. The highest BCUT2D eigenvalue weighted by Gasteiger charge is 2.13. The highest BCUT2D eigenvalue weighted by atomic mass is 31.1. The van der Waals surface area contributed by atoms with Gasteiger partial charge in [-0.1, -0.05) is 69.2 Å². The second kappa shape index (κ2) is 7.72. The van der Waals surface area contributed by atoms with Crippen LogP contribution in [0, 0.1) is 13.8 Å². The van der Waals surface area contributed by atoms with Gasteiger partial charge in [-0.15, -0.1) is 0 Å². The molecular formula is C22H24NOP. The number of aromatic hydroxyl groups is 1. The van der Waals surface area contributed by atoms with Crippen LogP contribution in [0.5, 0.6) is 5.75 Å². The van der Waals surface area contributed by atoms with Gasteiger partial charge in [-0.3, -0.25) is 0 Å². The Morgan fingerprint density at radius 2 is 1.52 bits per heavy atom. The number of anilines is 1. The summed E-state index contributed by atoms with van der Waals surface area (Å²) in [6.07, 6.45) is 0. The molecule has 3 aromatic rings. The van der Waals surface area contributed by atoms with Gasteiger partial charge >= 0.3 is 0 Å². The van der Waals surface area contributed by atoms with E-state index in [0.717, 1.165) is 17.4 Å². The summed E-state index contributed by atoms with van der Waals surface area (Å²) in [6.45, 7) is 4.96. The normalized spacial score (nSPS) is 11.2. The van der Waals surface area contributed by atoms with Crippen molar-refractivity contribution in [2.24, 2.45) is 0 Å². The molecule has 3 aromatic carbocycles. The maximum absolute atomic E-state index is 10.4. The summed E-state index contributed by atoms with van der Waals surface area (Å²) >= 11 is 0. The average Bonchev–Trinajstić information content (AvgIpc) is 2.61. The number of nitrogens with zero attached hydrogens (tertiary/aromatic N) is 1. The second-order valence-electron chi connectivity index (χ2n) is 6.41. The fraction of sp³-hybridized carbons (Fsp3) is 0.182. The summed E-state index contributed by atoms with van der Waals surface area (Å²) in [6, 6.07) is 22.9. The van der Waals surface area contributed by atoms with Crippen LogP contribution in [0.15, 0.2) is 66.7 Å². The summed E-state index contributed by atoms with van der Waals surface area (Å²) in [5.74, 6) is 0.417. The van der Waals surface area contributed by atoms with E-state index in [0.29, 0.717) is 14.3 Å². The Hall–Kier alpha value is -2.31. The predicted molar refractivity (Wildman–Crippen MR) is 110 cm³/mol. The molecule has 0 saturated carbocycles. The van der Waals surface area contributed by atoms with E-state index in [1.165, 1.54) is 22.1 Å². The Bertz CT molecular complexity index is 861. The lowest BCUT2D eigenvalue weighted by atomic mass is 10.1. The summed E-state index contributed by atoms with van der Waals surface area (Å²) in [4.78, 5) is 2.29. The molecule has 0 radical (unpaired) electrons. The van der Waals surface area contributed by atoms with E-state index in [-0.39, 0.29) is 0 Å². The van der Waals surface area contributed by atoms with E-state index in [9.17, 15) is 5.11 Å². The van der Waals surface area contributed by atoms with Crippen molar-refractivity contribution in [2.45, 2.75) is 20.4 Å². The molecule has 1 unspecified atom stereocenters. The summed E-state index contributed by atoms with van der Waals surface area (Å²) in [5, 5.41) is 12.7. The topological polar surface area (TPSA) is 23.5 Å². The minimum Gasteiger partial charge on any atom is -0.507 e. The molecule has 128 valence electrons. The van der Waals surface area contributed by atoms with Crippen LogP contribution < -0.4 is 15.5 Å².